The van der Waals surface area contributed by atoms with Crippen molar-refractivity contribution in [2.45, 2.75) is 25.7 Å². The van der Waals surface area contributed by atoms with Gasteiger partial charge in [0.15, 0.2) is 11.5 Å². The molecule has 1 aliphatic heterocycles. The third-order valence-corrected chi connectivity index (χ3v) is 2.57. The van der Waals surface area contributed by atoms with Gasteiger partial charge in [0, 0.05) is 18.1 Å². The molecule has 0 saturated carbocycles. The number of hydrogen-bond donors (Lipinski definition) is 3. The summed E-state index contributed by atoms with van der Waals surface area (Å²) in [6.45, 7) is 1.48. The minimum absolute atomic E-state index is 0.00171. The highest BCUT2D eigenvalue weighted by molar-refractivity contribution is 5.42. The molecule has 1 aliphatic rings. The lowest BCUT2D eigenvalue weighted by Gasteiger charge is -2.29. The van der Waals surface area contributed by atoms with E-state index in [9.17, 15) is 20.1 Å². The van der Waals surface area contributed by atoms with Gasteiger partial charge in [-0.15, -0.1) is 0 Å². The monoisotopic (exact) mass is 224 g/mol. The maximum Gasteiger partial charge on any atom is 0.223 e. The fourth-order valence-corrected chi connectivity index (χ4v) is 1.73. The fraction of sp³-hybridized carbons (Fsp3) is 0.364. The summed E-state index contributed by atoms with van der Waals surface area (Å²) >= 11 is 0. The van der Waals surface area contributed by atoms with Crippen LogP contribution in [0.5, 0.6) is 11.5 Å². The molecule has 1 heterocycles. The number of ether oxygens (including phenoxy) is 1. The zero-order valence-corrected chi connectivity index (χ0v) is 8.73. The molecule has 0 radical (unpaired) electrons. The molecule has 0 bridgehead atoms. The molecule has 16 heavy (non-hydrogen) atoms. The highest BCUT2D eigenvalue weighted by Gasteiger charge is 2.29. The summed E-state index contributed by atoms with van der Waals surface area (Å²) < 4.78 is 5.11. The van der Waals surface area contributed by atoms with Crippen LogP contribution in [0, 0.1) is 0 Å². The normalized spacial score (nSPS) is 23.9. The summed E-state index contributed by atoms with van der Waals surface area (Å²) in [6.07, 6.45) is 0.109. The molecular formula is C11H12O5. The van der Waals surface area contributed by atoms with E-state index in [4.69, 9.17) is 4.74 Å². The van der Waals surface area contributed by atoms with Crippen LogP contribution >= 0.6 is 0 Å². The van der Waals surface area contributed by atoms with Crippen LogP contribution < -0.4 is 5.43 Å². The van der Waals surface area contributed by atoms with Crippen LogP contribution in [-0.4, -0.2) is 21.1 Å². The summed E-state index contributed by atoms with van der Waals surface area (Å²) in [5.41, 5.74) is 0.267. The van der Waals surface area contributed by atoms with E-state index in [1.54, 1.807) is 0 Å². The largest absolute Gasteiger partial charge is 0.507 e. The summed E-state index contributed by atoms with van der Waals surface area (Å²) in [5.74, 6) is -2.02. The van der Waals surface area contributed by atoms with E-state index in [1.807, 2.05) is 0 Å². The smallest absolute Gasteiger partial charge is 0.223 e. The molecule has 0 fully saturated rings. The van der Waals surface area contributed by atoms with Crippen LogP contribution in [0.4, 0.5) is 0 Å². The molecule has 1 aromatic carbocycles. The van der Waals surface area contributed by atoms with Crippen LogP contribution in [0.1, 0.15) is 18.1 Å². The molecule has 0 unspecified atom stereocenters. The predicted octanol–water partition coefficient (Wildman–Crippen LogP) is 0.239. The van der Waals surface area contributed by atoms with Gasteiger partial charge in [-0.05, 0) is 18.6 Å². The Morgan fingerprint density at radius 2 is 2.00 bits per heavy atom. The molecule has 0 aromatic heterocycles. The van der Waals surface area contributed by atoms with E-state index in [0.717, 1.165) is 6.07 Å². The number of rotatable bonds is 0. The Hall–Kier alpha value is -1.59. The van der Waals surface area contributed by atoms with Crippen LogP contribution in [0.2, 0.25) is 0 Å². The van der Waals surface area contributed by atoms with Crippen molar-refractivity contribution in [2.24, 2.45) is 0 Å². The van der Waals surface area contributed by atoms with Crippen molar-refractivity contribution in [3.8, 4) is 11.5 Å². The van der Waals surface area contributed by atoms with Crippen molar-refractivity contribution in [2.75, 3.05) is 0 Å². The van der Waals surface area contributed by atoms with Crippen LogP contribution in [-0.2, 0) is 17.8 Å². The Kier molecular flexibility index (Phi) is 2.36. The van der Waals surface area contributed by atoms with Crippen molar-refractivity contribution < 1.29 is 20.1 Å². The van der Waals surface area contributed by atoms with Gasteiger partial charge < -0.3 is 20.1 Å². The van der Waals surface area contributed by atoms with Gasteiger partial charge in [0.05, 0.1) is 6.61 Å². The number of fused-ring (bicyclic) bond motifs is 1. The highest BCUT2D eigenvalue weighted by atomic mass is 16.6. The number of aliphatic hydroxyl groups is 1. The van der Waals surface area contributed by atoms with Crippen molar-refractivity contribution in [3.05, 3.63) is 33.5 Å². The minimum atomic E-state index is -1.34. The van der Waals surface area contributed by atoms with Gasteiger partial charge in [0.1, 0.15) is 5.75 Å². The van der Waals surface area contributed by atoms with Gasteiger partial charge in [-0.25, -0.2) is 0 Å². The second-order valence-electron chi connectivity index (χ2n) is 4.07. The van der Waals surface area contributed by atoms with E-state index in [-0.39, 0.29) is 18.8 Å². The van der Waals surface area contributed by atoms with Gasteiger partial charge in [0.2, 0.25) is 5.43 Å². The SMILES string of the molecule is C[C@@]1(O)Cc2cc(O)c(=O)cc(O)c2CO1. The van der Waals surface area contributed by atoms with Crippen molar-refractivity contribution in [1.29, 1.82) is 0 Å². The molecule has 0 aliphatic carbocycles. The lowest BCUT2D eigenvalue weighted by Crippen LogP contribution is -2.34. The van der Waals surface area contributed by atoms with E-state index >= 15 is 0 Å². The fourth-order valence-electron chi connectivity index (χ4n) is 1.73. The van der Waals surface area contributed by atoms with Gasteiger partial charge in [-0.1, -0.05) is 0 Å². The lowest BCUT2D eigenvalue weighted by molar-refractivity contribution is -0.204. The van der Waals surface area contributed by atoms with E-state index in [0.29, 0.717) is 11.1 Å². The van der Waals surface area contributed by atoms with E-state index in [1.165, 1.54) is 13.0 Å². The van der Waals surface area contributed by atoms with Gasteiger partial charge in [0.25, 0.3) is 0 Å². The first-order valence-electron chi connectivity index (χ1n) is 4.83. The minimum Gasteiger partial charge on any atom is -0.507 e. The topological polar surface area (TPSA) is 87.0 Å². The van der Waals surface area contributed by atoms with Crippen LogP contribution in [0.15, 0.2) is 16.9 Å². The van der Waals surface area contributed by atoms with Gasteiger partial charge >= 0.3 is 0 Å². The Morgan fingerprint density at radius 1 is 1.31 bits per heavy atom. The second-order valence-corrected chi connectivity index (χ2v) is 4.07. The first kappa shape index (κ1) is 10.9. The third kappa shape index (κ3) is 1.87. The standard InChI is InChI=1S/C11H12O5/c1-11(15)4-6-2-9(13)10(14)3-8(12)7(6)5-16-11/h2-3,12,15H,4-5H2,1H3,(H,13,14)/t11-/m0/s1. The molecule has 2 rings (SSSR count). The maximum absolute atomic E-state index is 11.2. The zero-order chi connectivity index (χ0) is 11.9. The summed E-state index contributed by atoms with van der Waals surface area (Å²) in [4.78, 5) is 11.2. The Morgan fingerprint density at radius 3 is 2.69 bits per heavy atom. The zero-order valence-electron chi connectivity index (χ0n) is 8.73. The molecule has 3 N–H and O–H groups in total. The molecular weight excluding hydrogens is 212 g/mol. The Bertz CT molecular complexity index is 492. The van der Waals surface area contributed by atoms with E-state index < -0.39 is 17.0 Å². The molecule has 0 saturated heterocycles. The molecule has 1 aromatic rings. The quantitative estimate of drug-likeness (QED) is 0.587. The first-order chi connectivity index (χ1) is 7.39. The maximum atomic E-state index is 11.2. The van der Waals surface area contributed by atoms with Crippen molar-refractivity contribution in [3.63, 3.8) is 0 Å². The molecule has 86 valence electrons. The molecule has 5 nitrogen and oxygen atoms in total. The Balaban J connectivity index is 2.66. The van der Waals surface area contributed by atoms with Crippen LogP contribution in [0.25, 0.3) is 0 Å². The van der Waals surface area contributed by atoms with Crippen molar-refractivity contribution >= 4 is 0 Å². The third-order valence-electron chi connectivity index (χ3n) is 2.57. The summed E-state index contributed by atoms with van der Waals surface area (Å²) in [7, 11) is 0. The molecule has 0 amide bonds. The predicted molar refractivity (Wildman–Crippen MR) is 55.2 cm³/mol. The highest BCUT2D eigenvalue weighted by Crippen LogP contribution is 2.31. The molecule has 5 heteroatoms. The van der Waals surface area contributed by atoms with Crippen LogP contribution in [0.3, 0.4) is 0 Å². The number of aromatic hydroxyl groups is 2. The number of hydrogen-bond acceptors (Lipinski definition) is 5. The van der Waals surface area contributed by atoms with Gasteiger partial charge in [-0.3, -0.25) is 4.79 Å². The average Bonchev–Trinajstić information content (AvgIpc) is 2.24. The lowest BCUT2D eigenvalue weighted by atomic mass is 9.99. The molecule has 1 atom stereocenters. The summed E-state index contributed by atoms with van der Waals surface area (Å²) in [6, 6.07) is 2.20. The molecule has 0 spiro atoms. The second kappa shape index (κ2) is 3.47. The first-order valence-corrected chi connectivity index (χ1v) is 4.83. The van der Waals surface area contributed by atoms with Crippen molar-refractivity contribution in [1.82, 2.24) is 0 Å². The summed E-state index contributed by atoms with van der Waals surface area (Å²) in [5, 5.41) is 28.7. The Labute approximate surface area is 91.6 Å². The van der Waals surface area contributed by atoms with E-state index in [2.05, 4.69) is 0 Å². The van der Waals surface area contributed by atoms with Gasteiger partial charge in [-0.2, -0.15) is 0 Å². The average molecular weight is 224 g/mol.